The van der Waals surface area contributed by atoms with Crippen LogP contribution < -0.4 is 15.4 Å². The van der Waals surface area contributed by atoms with Crippen LogP contribution in [0.4, 0.5) is 10.5 Å². The number of likely N-dealkylation sites (tertiary alicyclic amines) is 1. The average molecular weight is 494 g/mol. The lowest BCUT2D eigenvalue weighted by atomic mass is 9.90. The van der Waals surface area contributed by atoms with E-state index in [9.17, 15) is 14.7 Å². The minimum absolute atomic E-state index is 0.0554. The van der Waals surface area contributed by atoms with Gasteiger partial charge in [-0.2, -0.15) is 0 Å². The Labute approximate surface area is 212 Å². The number of amides is 3. The lowest BCUT2D eigenvalue weighted by Gasteiger charge is -2.35. The van der Waals surface area contributed by atoms with Gasteiger partial charge in [0.2, 0.25) is 5.91 Å². The standard InChI is InChI=1S/C28H35N3O5/c1-35-25-10-6-5-9-23(25)29-28(34)30-24-12-11-22(36-26(24)19-32)18-27(33)31-15-13-21(14-16-31)17-20-7-3-2-4-8-20/h2-12,21-22,24,26,32H,13-19H2,1H3,(H2,29,30,34)/t22-,24+,26-/m1/s1. The van der Waals surface area contributed by atoms with Crippen molar-refractivity contribution >= 4 is 17.6 Å². The molecule has 2 heterocycles. The van der Waals surface area contributed by atoms with Gasteiger partial charge in [-0.15, -0.1) is 0 Å². The molecule has 0 saturated carbocycles. The Morgan fingerprint density at radius 2 is 1.78 bits per heavy atom. The molecule has 0 bridgehead atoms. The van der Waals surface area contributed by atoms with Gasteiger partial charge in [0.15, 0.2) is 0 Å². The molecule has 1 saturated heterocycles. The second-order valence-electron chi connectivity index (χ2n) is 9.32. The highest BCUT2D eigenvalue weighted by Crippen LogP contribution is 2.25. The molecule has 0 radical (unpaired) electrons. The summed E-state index contributed by atoms with van der Waals surface area (Å²) in [6, 6.07) is 16.6. The summed E-state index contributed by atoms with van der Waals surface area (Å²) in [6.07, 6.45) is 5.75. The summed E-state index contributed by atoms with van der Waals surface area (Å²) in [5.41, 5.74) is 1.88. The van der Waals surface area contributed by atoms with Gasteiger partial charge in [-0.3, -0.25) is 4.79 Å². The zero-order chi connectivity index (χ0) is 25.3. The third kappa shape index (κ3) is 6.86. The van der Waals surface area contributed by atoms with Crippen molar-refractivity contribution in [3.63, 3.8) is 0 Å². The lowest BCUT2D eigenvalue weighted by Crippen LogP contribution is -2.50. The number of methoxy groups -OCH3 is 1. The van der Waals surface area contributed by atoms with E-state index in [4.69, 9.17) is 9.47 Å². The molecule has 0 aliphatic carbocycles. The van der Waals surface area contributed by atoms with E-state index in [-0.39, 0.29) is 18.9 Å². The summed E-state index contributed by atoms with van der Waals surface area (Å²) in [7, 11) is 1.53. The minimum Gasteiger partial charge on any atom is -0.495 e. The van der Waals surface area contributed by atoms with E-state index in [1.165, 1.54) is 12.7 Å². The number of piperidine rings is 1. The van der Waals surface area contributed by atoms with Crippen LogP contribution in [0.3, 0.4) is 0 Å². The Morgan fingerprint density at radius 3 is 2.50 bits per heavy atom. The van der Waals surface area contributed by atoms with Gasteiger partial charge in [-0.25, -0.2) is 4.79 Å². The quantitative estimate of drug-likeness (QED) is 0.490. The number of para-hydroxylation sites is 2. The van der Waals surface area contributed by atoms with E-state index < -0.39 is 24.3 Å². The van der Waals surface area contributed by atoms with Crippen LogP contribution in [0.15, 0.2) is 66.7 Å². The third-order valence-corrected chi connectivity index (χ3v) is 6.83. The lowest BCUT2D eigenvalue weighted by molar-refractivity contribution is -0.136. The molecule has 3 N–H and O–H groups in total. The highest BCUT2D eigenvalue weighted by molar-refractivity contribution is 5.91. The number of aliphatic hydroxyl groups is 1. The maximum absolute atomic E-state index is 12.9. The number of carbonyl (C=O) groups is 2. The molecule has 2 aliphatic heterocycles. The van der Waals surface area contributed by atoms with E-state index in [2.05, 4.69) is 34.9 Å². The maximum atomic E-state index is 12.9. The van der Waals surface area contributed by atoms with E-state index in [0.717, 1.165) is 32.4 Å². The molecule has 3 atom stereocenters. The Morgan fingerprint density at radius 1 is 1.06 bits per heavy atom. The van der Waals surface area contributed by atoms with Gasteiger partial charge < -0.3 is 30.1 Å². The largest absolute Gasteiger partial charge is 0.495 e. The summed E-state index contributed by atoms with van der Waals surface area (Å²) in [5.74, 6) is 1.19. The number of hydrogen-bond donors (Lipinski definition) is 3. The smallest absolute Gasteiger partial charge is 0.319 e. The number of anilines is 1. The fraction of sp³-hybridized carbons (Fsp3) is 0.429. The van der Waals surface area contributed by atoms with Gasteiger partial charge in [0.25, 0.3) is 0 Å². The number of rotatable bonds is 8. The molecular formula is C28H35N3O5. The molecule has 1 fully saturated rings. The van der Waals surface area contributed by atoms with Gasteiger partial charge in [0, 0.05) is 13.1 Å². The molecule has 3 amide bonds. The van der Waals surface area contributed by atoms with E-state index in [1.54, 1.807) is 30.4 Å². The molecule has 2 aromatic carbocycles. The topological polar surface area (TPSA) is 100 Å². The first-order valence-corrected chi connectivity index (χ1v) is 12.5. The van der Waals surface area contributed by atoms with Gasteiger partial charge in [-0.05, 0) is 42.9 Å². The van der Waals surface area contributed by atoms with Crippen molar-refractivity contribution in [2.45, 2.75) is 43.9 Å². The van der Waals surface area contributed by atoms with Gasteiger partial charge in [-0.1, -0.05) is 54.6 Å². The zero-order valence-corrected chi connectivity index (χ0v) is 20.6. The molecule has 2 aromatic rings. The summed E-state index contributed by atoms with van der Waals surface area (Å²) >= 11 is 0. The number of nitrogens with one attached hydrogen (secondary N) is 2. The Balaban J connectivity index is 1.25. The number of urea groups is 1. The monoisotopic (exact) mass is 493 g/mol. The molecule has 8 heteroatoms. The molecule has 8 nitrogen and oxygen atoms in total. The maximum Gasteiger partial charge on any atom is 0.319 e. The second-order valence-corrected chi connectivity index (χ2v) is 9.32. The van der Waals surface area contributed by atoms with Crippen LogP contribution in [0, 0.1) is 5.92 Å². The molecule has 4 rings (SSSR count). The van der Waals surface area contributed by atoms with E-state index >= 15 is 0 Å². The highest BCUT2D eigenvalue weighted by Gasteiger charge is 2.31. The fourth-order valence-electron chi connectivity index (χ4n) is 4.83. The van der Waals surface area contributed by atoms with Gasteiger partial charge in [0.1, 0.15) is 11.9 Å². The number of nitrogens with zero attached hydrogens (tertiary/aromatic N) is 1. The SMILES string of the molecule is COc1ccccc1NC(=O)N[C@H]1C=C[C@H](CC(=O)N2CCC(Cc3ccccc3)CC2)O[C@@H]1CO. The molecule has 0 aromatic heterocycles. The molecular weight excluding hydrogens is 458 g/mol. The van der Waals surface area contributed by atoms with Crippen molar-refractivity contribution in [1.29, 1.82) is 0 Å². The first-order chi connectivity index (χ1) is 17.6. The summed E-state index contributed by atoms with van der Waals surface area (Å²) in [4.78, 5) is 27.3. The molecule has 0 unspecified atom stereocenters. The summed E-state index contributed by atoms with van der Waals surface area (Å²) in [6.45, 7) is 1.23. The molecule has 36 heavy (non-hydrogen) atoms. The van der Waals surface area contributed by atoms with Crippen molar-refractivity contribution in [1.82, 2.24) is 10.2 Å². The van der Waals surface area contributed by atoms with Crippen LogP contribution >= 0.6 is 0 Å². The van der Waals surface area contributed by atoms with Gasteiger partial charge in [0.05, 0.1) is 38.0 Å². The van der Waals surface area contributed by atoms with Crippen molar-refractivity contribution in [3.05, 3.63) is 72.3 Å². The Kier molecular flexibility index (Phi) is 8.97. The number of hydrogen-bond acceptors (Lipinski definition) is 5. The van der Waals surface area contributed by atoms with Crippen LogP contribution in [0.2, 0.25) is 0 Å². The minimum atomic E-state index is -0.646. The molecule has 0 spiro atoms. The summed E-state index contributed by atoms with van der Waals surface area (Å²) < 4.78 is 11.2. The van der Waals surface area contributed by atoms with Crippen LogP contribution in [-0.4, -0.2) is 67.0 Å². The third-order valence-electron chi connectivity index (χ3n) is 6.83. The number of aliphatic hydroxyl groups excluding tert-OH is 1. The average Bonchev–Trinajstić information content (AvgIpc) is 2.90. The fourth-order valence-corrected chi connectivity index (χ4v) is 4.83. The molecule has 2 aliphatic rings. The summed E-state index contributed by atoms with van der Waals surface area (Å²) in [5, 5.41) is 15.4. The molecule has 192 valence electrons. The van der Waals surface area contributed by atoms with E-state index in [0.29, 0.717) is 17.4 Å². The van der Waals surface area contributed by atoms with Gasteiger partial charge >= 0.3 is 6.03 Å². The second kappa shape index (κ2) is 12.6. The van der Waals surface area contributed by atoms with E-state index in [1.807, 2.05) is 17.0 Å². The van der Waals surface area contributed by atoms with Crippen molar-refractivity contribution < 1.29 is 24.2 Å². The van der Waals surface area contributed by atoms with Crippen molar-refractivity contribution in [2.24, 2.45) is 5.92 Å². The number of benzene rings is 2. The highest BCUT2D eigenvalue weighted by atomic mass is 16.5. The Hall–Kier alpha value is -3.36. The first kappa shape index (κ1) is 25.7. The first-order valence-electron chi connectivity index (χ1n) is 12.5. The van der Waals surface area contributed by atoms with Crippen LogP contribution in [0.1, 0.15) is 24.8 Å². The van der Waals surface area contributed by atoms with Crippen molar-refractivity contribution in [3.8, 4) is 5.75 Å². The normalized spacial score (nSPS) is 22.2. The van der Waals surface area contributed by atoms with Crippen LogP contribution in [-0.2, 0) is 16.0 Å². The van der Waals surface area contributed by atoms with Crippen LogP contribution in [0.25, 0.3) is 0 Å². The number of carbonyl (C=O) groups excluding carboxylic acids is 2. The predicted molar refractivity (Wildman–Crippen MR) is 138 cm³/mol. The van der Waals surface area contributed by atoms with Crippen LogP contribution in [0.5, 0.6) is 5.75 Å². The number of ether oxygens (including phenoxy) is 2. The Bertz CT molecular complexity index is 1040. The van der Waals surface area contributed by atoms with Crippen molar-refractivity contribution in [2.75, 3.05) is 32.1 Å². The zero-order valence-electron chi connectivity index (χ0n) is 20.6. The predicted octanol–water partition coefficient (Wildman–Crippen LogP) is 3.37.